The second-order valence-electron chi connectivity index (χ2n) is 6.04. The van der Waals surface area contributed by atoms with Crippen molar-refractivity contribution in [3.63, 3.8) is 0 Å². The highest BCUT2D eigenvalue weighted by Gasteiger charge is 2.06. The van der Waals surface area contributed by atoms with Crippen LogP contribution in [0.25, 0.3) is 22.0 Å². The van der Waals surface area contributed by atoms with Gasteiger partial charge in [0, 0.05) is 28.1 Å². The Morgan fingerprint density at radius 2 is 1.64 bits per heavy atom. The van der Waals surface area contributed by atoms with Crippen LogP contribution in [0.15, 0.2) is 83.5 Å². The van der Waals surface area contributed by atoms with Gasteiger partial charge in [-0.1, -0.05) is 52.3 Å². The first-order valence-electron chi connectivity index (χ1n) is 8.21. The molecule has 0 unspecified atom stereocenters. The first-order chi connectivity index (χ1) is 12.2. The number of ether oxygens (including phenoxy) is 1. The van der Waals surface area contributed by atoms with Crippen LogP contribution in [0.1, 0.15) is 5.56 Å². The smallest absolute Gasteiger partial charge is 0.118 e. The van der Waals surface area contributed by atoms with E-state index in [4.69, 9.17) is 4.74 Å². The van der Waals surface area contributed by atoms with Gasteiger partial charge in [-0.25, -0.2) is 0 Å². The number of methoxy groups -OCH3 is 1. The molecule has 0 radical (unpaired) electrons. The molecular weight excluding hydrogens is 374 g/mol. The molecule has 0 spiro atoms. The second-order valence-corrected chi connectivity index (χ2v) is 6.89. The second kappa shape index (κ2) is 6.77. The molecule has 0 aliphatic carbocycles. The zero-order valence-electron chi connectivity index (χ0n) is 13.9. The van der Waals surface area contributed by atoms with Crippen LogP contribution < -0.4 is 4.74 Å². The highest BCUT2D eigenvalue weighted by molar-refractivity contribution is 9.10. The van der Waals surface area contributed by atoms with Crippen molar-refractivity contribution < 1.29 is 4.74 Å². The van der Waals surface area contributed by atoms with E-state index in [0.717, 1.165) is 16.8 Å². The van der Waals surface area contributed by atoms with Gasteiger partial charge in [0.05, 0.1) is 7.11 Å². The average Bonchev–Trinajstić information content (AvgIpc) is 3.06. The maximum Gasteiger partial charge on any atom is 0.118 e. The summed E-state index contributed by atoms with van der Waals surface area (Å²) in [7, 11) is 1.69. The maximum absolute atomic E-state index is 5.24. The molecule has 0 N–H and O–H groups in total. The average molecular weight is 392 g/mol. The Kier molecular flexibility index (Phi) is 4.33. The molecule has 0 fully saturated rings. The quantitative estimate of drug-likeness (QED) is 0.408. The lowest BCUT2D eigenvalue weighted by molar-refractivity contribution is 0.415. The van der Waals surface area contributed by atoms with Gasteiger partial charge >= 0.3 is 0 Å². The van der Waals surface area contributed by atoms with E-state index in [1.165, 1.54) is 27.6 Å². The number of hydrogen-bond acceptors (Lipinski definition) is 1. The van der Waals surface area contributed by atoms with Crippen molar-refractivity contribution in [1.29, 1.82) is 0 Å². The Morgan fingerprint density at radius 1 is 0.880 bits per heavy atom. The fraction of sp³-hybridized carbons (Fsp3) is 0.0909. The zero-order valence-corrected chi connectivity index (χ0v) is 15.5. The van der Waals surface area contributed by atoms with Crippen LogP contribution in [0, 0.1) is 0 Å². The number of hydrogen-bond donors (Lipinski definition) is 0. The predicted molar refractivity (Wildman–Crippen MR) is 107 cm³/mol. The summed E-state index contributed by atoms with van der Waals surface area (Å²) in [5, 5.41) is 1.25. The molecule has 2 nitrogen and oxygen atoms in total. The summed E-state index contributed by atoms with van der Waals surface area (Å²) in [6.07, 6.45) is 2.15. The fourth-order valence-corrected chi connectivity index (χ4v) is 3.52. The molecule has 3 heteroatoms. The molecular formula is C22H18BrNO. The van der Waals surface area contributed by atoms with E-state index in [2.05, 4.69) is 81.3 Å². The number of fused-ring (bicyclic) bond motifs is 1. The van der Waals surface area contributed by atoms with Crippen molar-refractivity contribution in [2.75, 3.05) is 7.11 Å². The minimum Gasteiger partial charge on any atom is -0.497 e. The molecule has 0 aliphatic rings. The van der Waals surface area contributed by atoms with E-state index in [0.29, 0.717) is 0 Å². The number of halogens is 1. The normalized spacial score (nSPS) is 11.0. The topological polar surface area (TPSA) is 14.2 Å². The van der Waals surface area contributed by atoms with Crippen molar-refractivity contribution in [1.82, 2.24) is 4.57 Å². The third-order valence-electron chi connectivity index (χ3n) is 4.49. The van der Waals surface area contributed by atoms with Gasteiger partial charge < -0.3 is 9.30 Å². The van der Waals surface area contributed by atoms with Gasteiger partial charge in [0.25, 0.3) is 0 Å². The molecule has 0 saturated carbocycles. The Morgan fingerprint density at radius 3 is 2.40 bits per heavy atom. The molecule has 1 heterocycles. The van der Waals surface area contributed by atoms with Gasteiger partial charge in [0.2, 0.25) is 0 Å². The predicted octanol–water partition coefficient (Wildman–Crippen LogP) is 6.13. The summed E-state index contributed by atoms with van der Waals surface area (Å²) in [4.78, 5) is 0. The molecule has 0 bridgehead atoms. The Bertz CT molecular complexity index is 1020. The lowest BCUT2D eigenvalue weighted by Crippen LogP contribution is -1.98. The molecule has 4 aromatic rings. The summed E-state index contributed by atoms with van der Waals surface area (Å²) >= 11 is 3.64. The van der Waals surface area contributed by atoms with Gasteiger partial charge in [-0.15, -0.1) is 0 Å². The molecule has 124 valence electrons. The SMILES string of the molecule is COc1ccc(-c2ccc3c(ccn3Cc3ccccc3Br)c2)cc1. The van der Waals surface area contributed by atoms with Crippen molar-refractivity contribution in [2.24, 2.45) is 0 Å². The lowest BCUT2D eigenvalue weighted by Gasteiger charge is -2.09. The molecule has 0 aliphatic heterocycles. The van der Waals surface area contributed by atoms with Gasteiger partial charge in [-0.05, 0) is 53.1 Å². The standard InChI is InChI=1S/C22H18BrNO/c1-25-20-9-6-16(7-10-20)17-8-11-22-18(14-17)12-13-24(22)15-19-4-2-3-5-21(19)23/h2-14H,15H2,1H3. The van der Waals surface area contributed by atoms with Crippen molar-refractivity contribution in [3.8, 4) is 16.9 Å². The van der Waals surface area contributed by atoms with Crippen LogP contribution in [0.4, 0.5) is 0 Å². The minimum atomic E-state index is 0.854. The number of nitrogens with zero attached hydrogens (tertiary/aromatic N) is 1. The Labute approximate surface area is 155 Å². The first-order valence-corrected chi connectivity index (χ1v) is 9.00. The van der Waals surface area contributed by atoms with Crippen LogP contribution >= 0.6 is 15.9 Å². The van der Waals surface area contributed by atoms with Gasteiger partial charge in [0.15, 0.2) is 0 Å². The number of aromatic nitrogens is 1. The third kappa shape index (κ3) is 3.20. The summed E-state index contributed by atoms with van der Waals surface area (Å²) in [6, 6.07) is 25.4. The third-order valence-corrected chi connectivity index (χ3v) is 5.27. The molecule has 0 amide bonds. The van der Waals surface area contributed by atoms with E-state index in [1.54, 1.807) is 7.11 Å². The highest BCUT2D eigenvalue weighted by Crippen LogP contribution is 2.27. The molecule has 3 aromatic carbocycles. The lowest BCUT2D eigenvalue weighted by atomic mass is 10.0. The van der Waals surface area contributed by atoms with E-state index in [1.807, 2.05) is 18.2 Å². The Hall–Kier alpha value is -2.52. The van der Waals surface area contributed by atoms with Crippen LogP contribution in [0.5, 0.6) is 5.75 Å². The number of rotatable bonds is 4. The van der Waals surface area contributed by atoms with Crippen LogP contribution in [-0.4, -0.2) is 11.7 Å². The maximum atomic E-state index is 5.24. The van der Waals surface area contributed by atoms with Crippen molar-refractivity contribution in [2.45, 2.75) is 6.54 Å². The van der Waals surface area contributed by atoms with E-state index >= 15 is 0 Å². The highest BCUT2D eigenvalue weighted by atomic mass is 79.9. The summed E-state index contributed by atoms with van der Waals surface area (Å²) in [5.74, 6) is 0.879. The number of benzene rings is 3. The molecule has 25 heavy (non-hydrogen) atoms. The molecule has 0 saturated heterocycles. The van der Waals surface area contributed by atoms with Gasteiger partial charge in [-0.2, -0.15) is 0 Å². The summed E-state index contributed by atoms with van der Waals surface area (Å²) in [6.45, 7) is 0.854. The van der Waals surface area contributed by atoms with Gasteiger partial charge in [-0.3, -0.25) is 0 Å². The van der Waals surface area contributed by atoms with Crippen LogP contribution in [0.2, 0.25) is 0 Å². The van der Waals surface area contributed by atoms with E-state index in [-0.39, 0.29) is 0 Å². The fourth-order valence-electron chi connectivity index (χ4n) is 3.11. The van der Waals surface area contributed by atoms with E-state index in [9.17, 15) is 0 Å². The molecule has 4 rings (SSSR count). The Balaban J connectivity index is 1.67. The first kappa shape index (κ1) is 16.0. The van der Waals surface area contributed by atoms with Crippen LogP contribution in [-0.2, 0) is 6.54 Å². The summed E-state index contributed by atoms with van der Waals surface area (Å²) in [5.41, 5.74) is 4.93. The van der Waals surface area contributed by atoms with E-state index < -0.39 is 0 Å². The molecule has 0 atom stereocenters. The van der Waals surface area contributed by atoms with Crippen molar-refractivity contribution in [3.05, 3.63) is 89.0 Å². The van der Waals surface area contributed by atoms with Gasteiger partial charge in [0.1, 0.15) is 5.75 Å². The van der Waals surface area contributed by atoms with Crippen LogP contribution in [0.3, 0.4) is 0 Å². The molecule has 1 aromatic heterocycles. The zero-order chi connectivity index (χ0) is 17.2. The summed E-state index contributed by atoms with van der Waals surface area (Å²) < 4.78 is 8.67. The minimum absolute atomic E-state index is 0.854. The van der Waals surface area contributed by atoms with Crippen molar-refractivity contribution >= 4 is 26.8 Å². The largest absolute Gasteiger partial charge is 0.497 e. The monoisotopic (exact) mass is 391 g/mol.